The maximum absolute atomic E-state index is 2.34. The summed E-state index contributed by atoms with van der Waals surface area (Å²) in [6.45, 7) is 2.18. The van der Waals surface area contributed by atoms with E-state index in [0.29, 0.717) is 0 Å². The van der Waals surface area contributed by atoms with Gasteiger partial charge in [-0.3, -0.25) is 0 Å². The van der Waals surface area contributed by atoms with Crippen LogP contribution in [0.25, 0.3) is 22.4 Å². The lowest BCUT2D eigenvalue weighted by Gasteiger charge is -2.09. The minimum atomic E-state index is 1.05. The first kappa shape index (κ1) is 11.5. The average molecular weight is 256 g/mol. The van der Waals surface area contributed by atoms with Crippen LogP contribution in [0.5, 0.6) is 0 Å². The molecule has 0 spiro atoms. The molecule has 0 amide bonds. The number of hydrogen-bond acceptors (Lipinski definition) is 0. The molecule has 0 unspecified atom stereocenters. The standard InChI is InChI=1S/C20H16/c1-14-10-17-8-4-5-9-19(17)20(11-14)18-12-15-6-2-3-7-16(15)13-18/h2-12H,13H2,1H3. The van der Waals surface area contributed by atoms with Crippen LogP contribution in [0.2, 0.25) is 0 Å². The van der Waals surface area contributed by atoms with Gasteiger partial charge in [0, 0.05) is 0 Å². The first-order chi connectivity index (χ1) is 9.81. The molecule has 0 fully saturated rings. The van der Waals surface area contributed by atoms with Crippen molar-refractivity contribution in [3.63, 3.8) is 0 Å². The van der Waals surface area contributed by atoms with E-state index >= 15 is 0 Å². The van der Waals surface area contributed by atoms with Crippen LogP contribution in [0.1, 0.15) is 22.3 Å². The lowest BCUT2D eigenvalue weighted by molar-refractivity contribution is 1.32. The van der Waals surface area contributed by atoms with Crippen LogP contribution in [0.4, 0.5) is 0 Å². The molecule has 0 aromatic heterocycles. The van der Waals surface area contributed by atoms with E-state index < -0.39 is 0 Å². The topological polar surface area (TPSA) is 0 Å². The molecule has 4 rings (SSSR count). The molecule has 1 aliphatic rings. The second-order valence-electron chi connectivity index (χ2n) is 5.58. The summed E-state index contributed by atoms with van der Waals surface area (Å²) in [5, 5.41) is 2.69. The van der Waals surface area contributed by atoms with Crippen molar-refractivity contribution in [1.29, 1.82) is 0 Å². The third-order valence-electron chi connectivity index (χ3n) is 4.12. The van der Waals surface area contributed by atoms with Crippen molar-refractivity contribution in [2.75, 3.05) is 0 Å². The van der Waals surface area contributed by atoms with Gasteiger partial charge in [-0.25, -0.2) is 0 Å². The second kappa shape index (κ2) is 4.35. The maximum atomic E-state index is 2.34. The van der Waals surface area contributed by atoms with E-state index in [4.69, 9.17) is 0 Å². The molecule has 0 bridgehead atoms. The molecule has 0 heteroatoms. The monoisotopic (exact) mass is 256 g/mol. The fraction of sp³-hybridized carbons (Fsp3) is 0.100. The highest BCUT2D eigenvalue weighted by atomic mass is 14.2. The largest absolute Gasteiger partial charge is 0.0619 e. The van der Waals surface area contributed by atoms with Crippen LogP contribution in [0, 0.1) is 6.92 Å². The smallest absolute Gasteiger partial charge is 0.00135 e. The summed E-state index contributed by atoms with van der Waals surface area (Å²) >= 11 is 0. The van der Waals surface area contributed by atoms with Crippen molar-refractivity contribution < 1.29 is 0 Å². The Kier molecular flexibility index (Phi) is 2.50. The zero-order chi connectivity index (χ0) is 13.5. The van der Waals surface area contributed by atoms with Gasteiger partial charge in [-0.05, 0) is 51.9 Å². The van der Waals surface area contributed by atoms with Gasteiger partial charge in [-0.2, -0.15) is 0 Å². The van der Waals surface area contributed by atoms with Gasteiger partial charge in [0.2, 0.25) is 0 Å². The summed E-state index contributed by atoms with van der Waals surface area (Å²) in [6, 6.07) is 21.9. The summed E-state index contributed by atoms with van der Waals surface area (Å²) in [5.41, 5.74) is 6.96. The predicted molar refractivity (Wildman–Crippen MR) is 86.7 cm³/mol. The molecule has 0 atom stereocenters. The zero-order valence-corrected chi connectivity index (χ0v) is 11.6. The summed E-state index contributed by atoms with van der Waals surface area (Å²) in [5.74, 6) is 0. The first-order valence-electron chi connectivity index (χ1n) is 7.09. The predicted octanol–water partition coefficient (Wildman–Crippen LogP) is 5.24. The summed E-state index contributed by atoms with van der Waals surface area (Å²) in [6.07, 6.45) is 3.39. The van der Waals surface area contributed by atoms with Crippen molar-refractivity contribution in [3.8, 4) is 0 Å². The molecule has 3 aromatic rings. The Morgan fingerprint density at radius 2 is 1.65 bits per heavy atom. The molecular weight excluding hydrogens is 240 g/mol. The number of allylic oxidation sites excluding steroid dienone is 1. The van der Waals surface area contributed by atoms with E-state index in [9.17, 15) is 0 Å². The highest BCUT2D eigenvalue weighted by molar-refractivity contribution is 6.00. The Bertz CT molecular complexity index is 838. The van der Waals surface area contributed by atoms with Gasteiger partial charge < -0.3 is 0 Å². The summed E-state index contributed by atoms with van der Waals surface area (Å²) in [4.78, 5) is 0. The van der Waals surface area contributed by atoms with Crippen LogP contribution in [-0.4, -0.2) is 0 Å². The number of benzene rings is 3. The highest BCUT2D eigenvalue weighted by Crippen LogP contribution is 2.35. The fourth-order valence-corrected chi connectivity index (χ4v) is 3.18. The molecule has 0 aliphatic heterocycles. The van der Waals surface area contributed by atoms with E-state index in [2.05, 4.69) is 73.7 Å². The molecule has 3 aromatic carbocycles. The van der Waals surface area contributed by atoms with Crippen molar-refractivity contribution in [2.24, 2.45) is 0 Å². The third kappa shape index (κ3) is 1.77. The number of aryl methyl sites for hydroxylation is 1. The Morgan fingerprint density at radius 3 is 2.55 bits per heavy atom. The number of hydrogen-bond donors (Lipinski definition) is 0. The van der Waals surface area contributed by atoms with E-state index in [1.165, 1.54) is 38.6 Å². The molecule has 20 heavy (non-hydrogen) atoms. The Morgan fingerprint density at radius 1 is 0.850 bits per heavy atom. The fourth-order valence-electron chi connectivity index (χ4n) is 3.18. The quantitative estimate of drug-likeness (QED) is 0.558. The maximum Gasteiger partial charge on any atom is -0.00135 e. The van der Waals surface area contributed by atoms with Gasteiger partial charge in [0.05, 0.1) is 0 Å². The molecule has 0 nitrogen and oxygen atoms in total. The van der Waals surface area contributed by atoms with E-state index in [1.54, 1.807) is 0 Å². The lowest BCUT2D eigenvalue weighted by atomic mass is 9.95. The summed E-state index contributed by atoms with van der Waals surface area (Å²) in [7, 11) is 0. The Labute approximate surface area is 119 Å². The molecule has 0 saturated carbocycles. The van der Waals surface area contributed by atoms with Gasteiger partial charge >= 0.3 is 0 Å². The third-order valence-corrected chi connectivity index (χ3v) is 4.12. The zero-order valence-electron chi connectivity index (χ0n) is 11.6. The molecule has 0 N–H and O–H groups in total. The van der Waals surface area contributed by atoms with Gasteiger partial charge in [0.15, 0.2) is 0 Å². The van der Waals surface area contributed by atoms with Crippen LogP contribution in [0.3, 0.4) is 0 Å². The van der Waals surface area contributed by atoms with Crippen LogP contribution in [-0.2, 0) is 6.42 Å². The van der Waals surface area contributed by atoms with Crippen molar-refractivity contribution in [1.82, 2.24) is 0 Å². The lowest BCUT2D eigenvalue weighted by Crippen LogP contribution is -1.89. The van der Waals surface area contributed by atoms with Crippen molar-refractivity contribution in [3.05, 3.63) is 82.9 Å². The van der Waals surface area contributed by atoms with Gasteiger partial charge in [0.1, 0.15) is 0 Å². The first-order valence-corrected chi connectivity index (χ1v) is 7.09. The Hall–Kier alpha value is -2.34. The SMILES string of the molecule is Cc1cc(C2=Cc3ccccc3C2)c2ccccc2c1. The second-order valence-corrected chi connectivity index (χ2v) is 5.58. The summed E-state index contributed by atoms with van der Waals surface area (Å²) < 4.78 is 0. The highest BCUT2D eigenvalue weighted by Gasteiger charge is 2.15. The van der Waals surface area contributed by atoms with Crippen LogP contribution >= 0.6 is 0 Å². The normalized spacial score (nSPS) is 13.3. The molecule has 0 radical (unpaired) electrons. The van der Waals surface area contributed by atoms with Crippen molar-refractivity contribution in [2.45, 2.75) is 13.3 Å². The van der Waals surface area contributed by atoms with Gasteiger partial charge in [-0.15, -0.1) is 0 Å². The van der Waals surface area contributed by atoms with E-state index in [1.807, 2.05) is 0 Å². The molecular formula is C20H16. The minimum Gasteiger partial charge on any atom is -0.0619 e. The number of fused-ring (bicyclic) bond motifs is 2. The van der Waals surface area contributed by atoms with Crippen LogP contribution < -0.4 is 0 Å². The van der Waals surface area contributed by atoms with Crippen molar-refractivity contribution >= 4 is 22.4 Å². The van der Waals surface area contributed by atoms with Crippen LogP contribution in [0.15, 0.2) is 60.7 Å². The van der Waals surface area contributed by atoms with Gasteiger partial charge in [-0.1, -0.05) is 66.7 Å². The minimum absolute atomic E-state index is 1.05. The Balaban J connectivity index is 1.93. The molecule has 0 saturated heterocycles. The van der Waals surface area contributed by atoms with E-state index in [-0.39, 0.29) is 0 Å². The number of rotatable bonds is 1. The molecule has 0 heterocycles. The molecule has 96 valence electrons. The average Bonchev–Trinajstić information content (AvgIpc) is 2.90. The molecule has 1 aliphatic carbocycles. The van der Waals surface area contributed by atoms with E-state index in [0.717, 1.165) is 6.42 Å². The van der Waals surface area contributed by atoms with Gasteiger partial charge in [0.25, 0.3) is 0 Å².